The number of aromatic nitrogens is 3. The van der Waals surface area contributed by atoms with Crippen LogP contribution in [0, 0.1) is 0 Å². The molecule has 0 bridgehead atoms. The van der Waals surface area contributed by atoms with Gasteiger partial charge in [-0.25, -0.2) is 0 Å². The number of halogens is 1. The molecule has 0 radical (unpaired) electrons. The molecular formula is C20H31IN6O2. The molecule has 1 aromatic heterocycles. The summed E-state index contributed by atoms with van der Waals surface area (Å²) < 4.78 is 13.4. The van der Waals surface area contributed by atoms with Crippen molar-refractivity contribution < 1.29 is 9.47 Å². The first-order valence-electron chi connectivity index (χ1n) is 9.75. The summed E-state index contributed by atoms with van der Waals surface area (Å²) in [4.78, 5) is 4.33. The van der Waals surface area contributed by atoms with Gasteiger partial charge in [0.2, 0.25) is 0 Å². The predicted molar refractivity (Wildman–Crippen MR) is 125 cm³/mol. The highest BCUT2D eigenvalue weighted by atomic mass is 127. The van der Waals surface area contributed by atoms with Crippen molar-refractivity contribution in [2.75, 3.05) is 33.4 Å². The van der Waals surface area contributed by atoms with Gasteiger partial charge in [-0.15, -0.1) is 34.2 Å². The fourth-order valence-corrected chi connectivity index (χ4v) is 3.13. The number of hydrogen-bond donors (Lipinski definition) is 2. The number of benzene rings is 1. The normalized spacial score (nSPS) is 13.6. The highest BCUT2D eigenvalue weighted by Gasteiger charge is 2.23. The standard InChI is InChI=1S/C20H30N6O2.HI/c1-5-18-25-24-14-26(18)9-8-22-19(21-4)23-13-20(2,3)15-6-7-16-17(12-15)28-11-10-27-16;/h6-7,12,14H,5,8-11,13H2,1-4H3,(H2,21,22,23);1H. The number of rotatable bonds is 7. The second-order valence-electron chi connectivity index (χ2n) is 7.39. The van der Waals surface area contributed by atoms with Crippen LogP contribution in [0.25, 0.3) is 0 Å². The van der Waals surface area contributed by atoms with Gasteiger partial charge in [0, 0.05) is 38.5 Å². The maximum atomic E-state index is 5.72. The largest absolute Gasteiger partial charge is 0.486 e. The molecular weight excluding hydrogens is 483 g/mol. The van der Waals surface area contributed by atoms with Crippen molar-refractivity contribution in [3.63, 3.8) is 0 Å². The lowest BCUT2D eigenvalue weighted by Crippen LogP contribution is -2.44. The Morgan fingerprint density at radius 3 is 2.69 bits per heavy atom. The molecule has 9 heteroatoms. The molecule has 2 aromatic rings. The van der Waals surface area contributed by atoms with Crippen LogP contribution in [0.1, 0.15) is 32.2 Å². The van der Waals surface area contributed by atoms with Crippen molar-refractivity contribution in [2.45, 2.75) is 39.2 Å². The van der Waals surface area contributed by atoms with Crippen LogP contribution >= 0.6 is 24.0 Å². The summed E-state index contributed by atoms with van der Waals surface area (Å²) >= 11 is 0. The van der Waals surface area contributed by atoms with Crippen LogP contribution in [-0.4, -0.2) is 54.1 Å². The molecule has 0 atom stereocenters. The molecule has 2 N–H and O–H groups in total. The quantitative estimate of drug-likeness (QED) is 0.336. The fraction of sp³-hybridized carbons (Fsp3) is 0.550. The highest BCUT2D eigenvalue weighted by molar-refractivity contribution is 14.0. The number of guanidine groups is 1. The smallest absolute Gasteiger partial charge is 0.191 e. The summed E-state index contributed by atoms with van der Waals surface area (Å²) in [6.45, 7) is 9.95. The minimum Gasteiger partial charge on any atom is -0.486 e. The number of nitrogens with zero attached hydrogens (tertiary/aromatic N) is 4. The Bertz CT molecular complexity index is 821. The number of hydrogen-bond acceptors (Lipinski definition) is 5. The Kier molecular flexibility index (Phi) is 8.54. The van der Waals surface area contributed by atoms with Crippen LogP contribution in [0.5, 0.6) is 11.5 Å². The molecule has 0 unspecified atom stereocenters. The third-order valence-electron chi connectivity index (χ3n) is 4.90. The first kappa shape index (κ1) is 23.2. The SMILES string of the molecule is CCc1nncn1CCNC(=NC)NCC(C)(C)c1ccc2c(c1)OCCO2.I. The van der Waals surface area contributed by atoms with Gasteiger partial charge in [-0.3, -0.25) is 4.99 Å². The lowest BCUT2D eigenvalue weighted by Gasteiger charge is -2.28. The maximum absolute atomic E-state index is 5.72. The maximum Gasteiger partial charge on any atom is 0.191 e. The van der Waals surface area contributed by atoms with E-state index in [-0.39, 0.29) is 29.4 Å². The minimum atomic E-state index is -0.100. The van der Waals surface area contributed by atoms with Crippen LogP contribution < -0.4 is 20.1 Å². The number of nitrogens with one attached hydrogen (secondary N) is 2. The van der Waals surface area contributed by atoms with Crippen LogP contribution in [0.2, 0.25) is 0 Å². The Hall–Kier alpha value is -2.04. The number of aryl methyl sites for hydroxylation is 1. The average molecular weight is 514 g/mol. The topological polar surface area (TPSA) is 85.6 Å². The second kappa shape index (κ2) is 10.7. The van der Waals surface area contributed by atoms with Gasteiger partial charge < -0.3 is 24.7 Å². The summed E-state index contributed by atoms with van der Waals surface area (Å²) in [5, 5.41) is 14.8. The van der Waals surface area contributed by atoms with Crippen molar-refractivity contribution >= 4 is 29.9 Å². The van der Waals surface area contributed by atoms with Crippen molar-refractivity contribution in [1.29, 1.82) is 0 Å². The lowest BCUT2D eigenvalue weighted by molar-refractivity contribution is 0.171. The van der Waals surface area contributed by atoms with E-state index in [1.54, 1.807) is 13.4 Å². The third kappa shape index (κ3) is 5.97. The Balaban J connectivity index is 0.00000300. The van der Waals surface area contributed by atoms with Gasteiger partial charge in [-0.1, -0.05) is 26.8 Å². The van der Waals surface area contributed by atoms with E-state index in [4.69, 9.17) is 9.47 Å². The van der Waals surface area contributed by atoms with E-state index in [2.05, 4.69) is 63.3 Å². The number of aliphatic imine (C=N–C) groups is 1. The van der Waals surface area contributed by atoms with Crippen molar-refractivity contribution in [1.82, 2.24) is 25.4 Å². The third-order valence-corrected chi connectivity index (χ3v) is 4.90. The molecule has 3 rings (SSSR count). The molecule has 0 spiro atoms. The summed E-state index contributed by atoms with van der Waals surface area (Å²) in [6.07, 6.45) is 2.64. The fourth-order valence-electron chi connectivity index (χ4n) is 3.13. The summed E-state index contributed by atoms with van der Waals surface area (Å²) in [5.74, 6) is 3.40. The van der Waals surface area contributed by atoms with E-state index in [0.29, 0.717) is 13.2 Å². The lowest BCUT2D eigenvalue weighted by atomic mass is 9.84. The number of ether oxygens (including phenoxy) is 2. The molecule has 1 aliphatic rings. The Labute approximate surface area is 189 Å². The van der Waals surface area contributed by atoms with E-state index in [0.717, 1.165) is 49.3 Å². The molecule has 1 aliphatic heterocycles. The second-order valence-corrected chi connectivity index (χ2v) is 7.39. The van der Waals surface area contributed by atoms with Crippen LogP contribution in [0.4, 0.5) is 0 Å². The van der Waals surface area contributed by atoms with E-state index in [9.17, 15) is 0 Å². The molecule has 8 nitrogen and oxygen atoms in total. The van der Waals surface area contributed by atoms with E-state index in [1.165, 1.54) is 5.56 Å². The van der Waals surface area contributed by atoms with Crippen molar-refractivity contribution in [2.24, 2.45) is 4.99 Å². The highest BCUT2D eigenvalue weighted by Crippen LogP contribution is 2.34. The summed E-state index contributed by atoms with van der Waals surface area (Å²) in [5.41, 5.74) is 1.09. The van der Waals surface area contributed by atoms with Gasteiger partial charge in [0.1, 0.15) is 25.4 Å². The molecule has 0 saturated heterocycles. The van der Waals surface area contributed by atoms with Crippen LogP contribution in [-0.2, 0) is 18.4 Å². The van der Waals surface area contributed by atoms with Gasteiger partial charge in [0.15, 0.2) is 17.5 Å². The van der Waals surface area contributed by atoms with Crippen LogP contribution in [0.15, 0.2) is 29.5 Å². The molecule has 0 saturated carbocycles. The van der Waals surface area contributed by atoms with Gasteiger partial charge in [-0.2, -0.15) is 0 Å². The van der Waals surface area contributed by atoms with E-state index < -0.39 is 0 Å². The zero-order chi connectivity index (χ0) is 20.0. The Morgan fingerprint density at radius 2 is 1.97 bits per heavy atom. The van der Waals surface area contributed by atoms with Crippen molar-refractivity contribution in [3.8, 4) is 11.5 Å². The van der Waals surface area contributed by atoms with Crippen LogP contribution in [0.3, 0.4) is 0 Å². The zero-order valence-corrected chi connectivity index (χ0v) is 19.9. The monoisotopic (exact) mass is 514 g/mol. The van der Waals surface area contributed by atoms with Gasteiger partial charge in [0.25, 0.3) is 0 Å². The van der Waals surface area contributed by atoms with E-state index in [1.807, 2.05) is 6.07 Å². The first-order chi connectivity index (χ1) is 13.5. The molecule has 160 valence electrons. The molecule has 29 heavy (non-hydrogen) atoms. The molecule has 0 amide bonds. The number of fused-ring (bicyclic) bond motifs is 1. The van der Waals surface area contributed by atoms with Gasteiger partial charge >= 0.3 is 0 Å². The average Bonchev–Trinajstić information content (AvgIpc) is 3.17. The van der Waals surface area contributed by atoms with Gasteiger partial charge in [0.05, 0.1) is 0 Å². The first-order valence-corrected chi connectivity index (χ1v) is 9.75. The zero-order valence-electron chi connectivity index (χ0n) is 17.6. The summed E-state index contributed by atoms with van der Waals surface area (Å²) in [6, 6.07) is 6.16. The molecule has 0 fully saturated rings. The Morgan fingerprint density at radius 1 is 1.21 bits per heavy atom. The van der Waals surface area contributed by atoms with E-state index >= 15 is 0 Å². The minimum absolute atomic E-state index is 0. The van der Waals surface area contributed by atoms with Crippen molar-refractivity contribution in [3.05, 3.63) is 35.9 Å². The predicted octanol–water partition coefficient (Wildman–Crippen LogP) is 2.37. The molecule has 2 heterocycles. The molecule has 1 aromatic carbocycles. The molecule has 0 aliphatic carbocycles. The van der Waals surface area contributed by atoms with Gasteiger partial charge in [-0.05, 0) is 17.7 Å². The summed E-state index contributed by atoms with van der Waals surface area (Å²) in [7, 11) is 1.78.